The number of carboxylic acids is 1. The number of carbonyl (C=O) groups excluding carboxylic acids is 1. The van der Waals surface area contributed by atoms with Gasteiger partial charge >= 0.3 is 5.97 Å². The summed E-state index contributed by atoms with van der Waals surface area (Å²) in [5, 5.41) is 18.8. The predicted octanol–water partition coefficient (Wildman–Crippen LogP) is 0.582. The minimum absolute atomic E-state index is 0.00219. The van der Waals surface area contributed by atoms with Gasteiger partial charge in [0.15, 0.2) is 0 Å². The number of benzene rings is 1. The number of halogens is 1. The fourth-order valence-electron chi connectivity index (χ4n) is 2.10. The molecule has 0 unspecified atom stereocenters. The van der Waals surface area contributed by atoms with Crippen LogP contribution in [0.25, 0.3) is 0 Å². The number of β-amino-alcohol motifs (C(OH)–C–C–N with tert-alkyl or cyclic N) is 1. The topological polar surface area (TPSA) is 104 Å². The third-order valence-electron chi connectivity index (χ3n) is 3.07. The first-order valence-corrected chi connectivity index (χ1v) is 6.05. The number of nitrogens with two attached hydrogens (primary N) is 1. The molecule has 0 saturated carbocycles. The Morgan fingerprint density at radius 2 is 2.11 bits per heavy atom. The van der Waals surface area contributed by atoms with Crippen molar-refractivity contribution in [1.82, 2.24) is 4.90 Å². The fourth-order valence-corrected chi connectivity index (χ4v) is 2.28. The quantitative estimate of drug-likeness (QED) is 0.689. The summed E-state index contributed by atoms with van der Waals surface area (Å²) in [5.41, 5.74) is 6.14. The lowest BCUT2D eigenvalue weighted by Gasteiger charge is -2.21. The first-order chi connectivity index (χ1) is 8.90. The number of carbonyl (C=O) groups is 2. The van der Waals surface area contributed by atoms with Crippen LogP contribution in [0.1, 0.15) is 16.8 Å². The lowest BCUT2D eigenvalue weighted by molar-refractivity contribution is -0.141. The van der Waals surface area contributed by atoms with Crippen LogP contribution < -0.4 is 5.73 Å². The highest BCUT2D eigenvalue weighted by Crippen LogP contribution is 2.24. The normalized spacial score (nSPS) is 22.5. The molecule has 0 aromatic heterocycles. The van der Waals surface area contributed by atoms with Crippen molar-refractivity contribution in [2.24, 2.45) is 0 Å². The monoisotopic (exact) mass is 284 g/mol. The molecule has 6 nitrogen and oxygen atoms in total. The van der Waals surface area contributed by atoms with E-state index in [0.717, 1.165) is 4.90 Å². The second-order valence-corrected chi connectivity index (χ2v) is 4.84. The van der Waals surface area contributed by atoms with Gasteiger partial charge in [0.1, 0.15) is 6.04 Å². The fraction of sp³-hybridized carbons (Fsp3) is 0.333. The molecule has 102 valence electrons. The maximum atomic E-state index is 12.2. The molecule has 0 spiro atoms. The molecule has 4 N–H and O–H groups in total. The third kappa shape index (κ3) is 2.64. The van der Waals surface area contributed by atoms with Gasteiger partial charge in [0, 0.05) is 18.5 Å². The zero-order valence-corrected chi connectivity index (χ0v) is 10.7. The highest BCUT2D eigenvalue weighted by atomic mass is 35.5. The van der Waals surface area contributed by atoms with Gasteiger partial charge in [-0.25, -0.2) is 4.79 Å². The van der Waals surface area contributed by atoms with E-state index in [1.807, 2.05) is 0 Å². The molecule has 1 amide bonds. The van der Waals surface area contributed by atoms with Crippen molar-refractivity contribution in [1.29, 1.82) is 0 Å². The van der Waals surface area contributed by atoms with Crippen LogP contribution in [0.15, 0.2) is 18.2 Å². The van der Waals surface area contributed by atoms with Crippen LogP contribution in [-0.4, -0.2) is 45.7 Å². The van der Waals surface area contributed by atoms with Crippen LogP contribution in [0.2, 0.25) is 5.02 Å². The molecule has 1 saturated heterocycles. The molecule has 0 aliphatic carbocycles. The van der Waals surface area contributed by atoms with Crippen molar-refractivity contribution in [3.63, 3.8) is 0 Å². The number of likely N-dealkylation sites (tertiary alicyclic amines) is 1. The van der Waals surface area contributed by atoms with E-state index in [9.17, 15) is 14.7 Å². The number of nitrogen functional groups attached to an aromatic ring is 1. The molecular weight excluding hydrogens is 272 g/mol. The standard InChI is InChI=1S/C12H13ClN2O4/c13-8-3-6(1-2-9(8)14)11(17)15-5-7(16)4-10(15)12(18)19/h1-3,7,10,16H,4-5,14H2,(H,18,19)/t7-,10-/m0/s1. The van der Waals surface area contributed by atoms with Gasteiger partial charge in [0.25, 0.3) is 5.91 Å². The zero-order valence-electron chi connectivity index (χ0n) is 9.91. The minimum atomic E-state index is -1.13. The van der Waals surface area contributed by atoms with Crippen LogP contribution in [-0.2, 0) is 4.79 Å². The maximum Gasteiger partial charge on any atom is 0.326 e. The highest BCUT2D eigenvalue weighted by Gasteiger charge is 2.39. The van der Waals surface area contributed by atoms with Gasteiger partial charge in [-0.3, -0.25) is 4.79 Å². The van der Waals surface area contributed by atoms with Crippen LogP contribution >= 0.6 is 11.6 Å². The minimum Gasteiger partial charge on any atom is -0.480 e. The van der Waals surface area contributed by atoms with Crippen LogP contribution in [0.3, 0.4) is 0 Å². The predicted molar refractivity (Wildman–Crippen MR) is 68.9 cm³/mol. The molecule has 1 aliphatic rings. The average Bonchev–Trinajstić information content (AvgIpc) is 2.74. The smallest absolute Gasteiger partial charge is 0.326 e. The number of aliphatic carboxylic acids is 1. The Morgan fingerprint density at radius 3 is 2.68 bits per heavy atom. The Balaban J connectivity index is 2.27. The van der Waals surface area contributed by atoms with Crippen molar-refractivity contribution in [2.75, 3.05) is 12.3 Å². The molecule has 1 aromatic rings. The summed E-state index contributed by atoms with van der Waals surface area (Å²) >= 11 is 5.83. The number of nitrogens with zero attached hydrogens (tertiary/aromatic N) is 1. The Hall–Kier alpha value is -1.79. The van der Waals surface area contributed by atoms with Gasteiger partial charge in [0.2, 0.25) is 0 Å². The molecule has 0 radical (unpaired) electrons. The first kappa shape index (κ1) is 13.6. The number of amides is 1. The second kappa shape index (κ2) is 5.07. The van der Waals surface area contributed by atoms with Gasteiger partial charge in [-0.15, -0.1) is 0 Å². The van der Waals surface area contributed by atoms with Crippen molar-refractivity contribution in [2.45, 2.75) is 18.6 Å². The van der Waals surface area contributed by atoms with Crippen LogP contribution in [0.4, 0.5) is 5.69 Å². The van der Waals surface area contributed by atoms with Gasteiger partial charge in [-0.05, 0) is 18.2 Å². The number of anilines is 1. The molecule has 7 heteroatoms. The molecular formula is C12H13ClN2O4. The summed E-state index contributed by atoms with van der Waals surface area (Å²) in [5.74, 6) is -1.61. The summed E-state index contributed by atoms with van der Waals surface area (Å²) in [6.07, 6.45) is -0.793. The lowest BCUT2D eigenvalue weighted by Crippen LogP contribution is -2.40. The number of carboxylic acid groups (broad SMARTS) is 1. The Kier molecular flexibility index (Phi) is 3.64. The zero-order chi connectivity index (χ0) is 14.2. The van der Waals surface area contributed by atoms with Gasteiger partial charge in [-0.1, -0.05) is 11.6 Å². The van der Waals surface area contributed by atoms with E-state index >= 15 is 0 Å². The summed E-state index contributed by atoms with van der Waals surface area (Å²) in [7, 11) is 0. The molecule has 0 bridgehead atoms. The van der Waals surface area contributed by atoms with Gasteiger partial charge in [0.05, 0.1) is 16.8 Å². The van der Waals surface area contributed by atoms with Crippen LogP contribution in [0, 0.1) is 0 Å². The maximum absolute atomic E-state index is 12.2. The summed E-state index contributed by atoms with van der Waals surface area (Å²) in [4.78, 5) is 24.4. The molecule has 2 rings (SSSR count). The van der Waals surface area contributed by atoms with Gasteiger partial charge < -0.3 is 20.8 Å². The lowest BCUT2D eigenvalue weighted by atomic mass is 10.1. The average molecular weight is 285 g/mol. The Labute approximate surface area is 114 Å². The van der Waals surface area contributed by atoms with E-state index in [1.165, 1.54) is 18.2 Å². The number of rotatable bonds is 2. The molecule has 2 atom stereocenters. The number of aliphatic hydroxyl groups is 1. The van der Waals surface area contributed by atoms with E-state index in [2.05, 4.69) is 0 Å². The SMILES string of the molecule is Nc1ccc(C(=O)N2C[C@@H](O)C[C@H]2C(=O)O)cc1Cl. The van der Waals surface area contributed by atoms with E-state index in [1.54, 1.807) is 0 Å². The second-order valence-electron chi connectivity index (χ2n) is 4.44. The van der Waals surface area contributed by atoms with Crippen molar-refractivity contribution in [3.05, 3.63) is 28.8 Å². The molecule has 1 aromatic carbocycles. The summed E-state index contributed by atoms with van der Waals surface area (Å²) in [6, 6.07) is 3.34. The first-order valence-electron chi connectivity index (χ1n) is 5.67. The van der Waals surface area contributed by atoms with Crippen molar-refractivity contribution in [3.8, 4) is 0 Å². The summed E-state index contributed by atoms with van der Waals surface area (Å²) in [6.45, 7) is -0.00219. The summed E-state index contributed by atoms with van der Waals surface area (Å²) < 4.78 is 0. The number of hydrogen-bond acceptors (Lipinski definition) is 4. The van der Waals surface area contributed by atoms with E-state index in [-0.39, 0.29) is 23.6 Å². The van der Waals surface area contributed by atoms with Gasteiger partial charge in [-0.2, -0.15) is 0 Å². The Bertz CT molecular complexity index is 534. The van der Waals surface area contributed by atoms with Crippen molar-refractivity contribution >= 4 is 29.2 Å². The highest BCUT2D eigenvalue weighted by molar-refractivity contribution is 6.33. The Morgan fingerprint density at radius 1 is 1.42 bits per heavy atom. The van der Waals surface area contributed by atoms with Crippen LogP contribution in [0.5, 0.6) is 0 Å². The molecule has 19 heavy (non-hydrogen) atoms. The van der Waals surface area contributed by atoms with E-state index in [4.69, 9.17) is 22.4 Å². The molecule has 1 heterocycles. The van der Waals surface area contributed by atoms with E-state index < -0.39 is 24.0 Å². The number of aliphatic hydroxyl groups excluding tert-OH is 1. The third-order valence-corrected chi connectivity index (χ3v) is 3.40. The molecule has 1 aliphatic heterocycles. The van der Waals surface area contributed by atoms with Crippen molar-refractivity contribution < 1.29 is 19.8 Å². The number of hydrogen-bond donors (Lipinski definition) is 3. The molecule has 1 fully saturated rings. The largest absolute Gasteiger partial charge is 0.480 e. The van der Waals surface area contributed by atoms with E-state index in [0.29, 0.717) is 5.69 Å².